The molecule has 18 heavy (non-hydrogen) atoms. The third-order valence-electron chi connectivity index (χ3n) is 2.24. The van der Waals surface area contributed by atoms with Gasteiger partial charge in [-0.2, -0.15) is 0 Å². The number of hydrogen-bond acceptors (Lipinski definition) is 3. The Kier molecular flexibility index (Phi) is 5.13. The molecule has 0 aliphatic carbocycles. The summed E-state index contributed by atoms with van der Waals surface area (Å²) >= 11 is 5.72. The van der Waals surface area contributed by atoms with E-state index in [0.717, 1.165) is 0 Å². The van der Waals surface area contributed by atoms with Gasteiger partial charge in [0.25, 0.3) is 0 Å². The molecule has 0 heterocycles. The van der Waals surface area contributed by atoms with Gasteiger partial charge in [0.15, 0.2) is 0 Å². The number of amides is 1. The van der Waals surface area contributed by atoms with Crippen LogP contribution in [-0.2, 0) is 14.8 Å². The van der Waals surface area contributed by atoms with Crippen molar-refractivity contribution in [2.45, 2.75) is 11.3 Å². The summed E-state index contributed by atoms with van der Waals surface area (Å²) < 4.78 is 26.0. The largest absolute Gasteiger partial charge is 0.349 e. The topological polar surface area (TPSA) is 66.5 Å². The van der Waals surface area contributed by atoms with Crippen LogP contribution in [0.5, 0.6) is 0 Å². The molecule has 0 atom stereocenters. The van der Waals surface area contributed by atoms with Crippen LogP contribution >= 0.6 is 11.6 Å². The number of rotatable bonds is 5. The molecule has 1 N–H and O–H groups in total. The molecule has 100 valence electrons. The molecule has 0 aliphatic heterocycles. The summed E-state index contributed by atoms with van der Waals surface area (Å²) in [6.45, 7) is 0.0614. The lowest BCUT2D eigenvalue weighted by molar-refractivity contribution is -0.128. The molecule has 1 amide bonds. The molecular weight excluding hydrogens is 276 g/mol. The van der Waals surface area contributed by atoms with E-state index in [1.165, 1.54) is 17.0 Å². The van der Waals surface area contributed by atoms with Crippen molar-refractivity contribution >= 4 is 27.5 Å². The molecule has 0 aromatic heterocycles. The SMILES string of the molecule is CN(C)C(=O)CCNS(=O)(=O)c1cccc(Cl)c1. The molecule has 1 aromatic carbocycles. The quantitative estimate of drug-likeness (QED) is 0.883. The second kappa shape index (κ2) is 6.17. The first kappa shape index (κ1) is 14.9. The minimum absolute atomic E-state index is 0.0614. The van der Waals surface area contributed by atoms with Crippen molar-refractivity contribution < 1.29 is 13.2 Å². The van der Waals surface area contributed by atoms with E-state index < -0.39 is 10.0 Å². The van der Waals surface area contributed by atoms with E-state index in [0.29, 0.717) is 5.02 Å². The van der Waals surface area contributed by atoms with Crippen LogP contribution in [0.25, 0.3) is 0 Å². The second-order valence-electron chi connectivity index (χ2n) is 3.89. The molecule has 0 saturated carbocycles. The molecular formula is C11H15ClN2O3S. The number of benzene rings is 1. The van der Waals surface area contributed by atoms with Crippen LogP contribution in [0.4, 0.5) is 0 Å². The molecule has 0 aliphatic rings. The van der Waals surface area contributed by atoms with E-state index >= 15 is 0 Å². The first-order valence-electron chi connectivity index (χ1n) is 5.28. The zero-order valence-electron chi connectivity index (χ0n) is 10.2. The molecule has 7 heteroatoms. The Labute approximate surface area is 112 Å². The predicted molar refractivity (Wildman–Crippen MR) is 70.0 cm³/mol. The van der Waals surface area contributed by atoms with Crippen LogP contribution in [0.15, 0.2) is 29.2 Å². The summed E-state index contributed by atoms with van der Waals surface area (Å²) in [5.74, 6) is -0.135. The number of nitrogens with zero attached hydrogens (tertiary/aromatic N) is 1. The van der Waals surface area contributed by atoms with Gasteiger partial charge in [-0.3, -0.25) is 4.79 Å². The van der Waals surface area contributed by atoms with Crippen molar-refractivity contribution in [3.05, 3.63) is 29.3 Å². The number of hydrogen-bond donors (Lipinski definition) is 1. The van der Waals surface area contributed by atoms with E-state index in [1.807, 2.05) is 0 Å². The van der Waals surface area contributed by atoms with Gasteiger partial charge < -0.3 is 4.90 Å². The highest BCUT2D eigenvalue weighted by Crippen LogP contribution is 2.14. The highest BCUT2D eigenvalue weighted by molar-refractivity contribution is 7.89. The third kappa shape index (κ3) is 4.29. The molecule has 0 unspecified atom stereocenters. The van der Waals surface area contributed by atoms with Crippen LogP contribution in [-0.4, -0.2) is 39.9 Å². The fraction of sp³-hybridized carbons (Fsp3) is 0.364. The second-order valence-corrected chi connectivity index (χ2v) is 6.10. The monoisotopic (exact) mass is 290 g/mol. The minimum Gasteiger partial charge on any atom is -0.349 e. The van der Waals surface area contributed by atoms with Gasteiger partial charge in [0.1, 0.15) is 0 Å². The van der Waals surface area contributed by atoms with Crippen LogP contribution in [0.1, 0.15) is 6.42 Å². The lowest BCUT2D eigenvalue weighted by Crippen LogP contribution is -2.30. The molecule has 0 spiro atoms. The smallest absolute Gasteiger partial charge is 0.240 e. The van der Waals surface area contributed by atoms with Crippen molar-refractivity contribution in [3.63, 3.8) is 0 Å². The van der Waals surface area contributed by atoms with Crippen LogP contribution < -0.4 is 4.72 Å². The van der Waals surface area contributed by atoms with Gasteiger partial charge in [0.2, 0.25) is 15.9 Å². The number of carbonyl (C=O) groups is 1. The summed E-state index contributed by atoms with van der Waals surface area (Å²) in [6, 6.07) is 5.96. The number of sulfonamides is 1. The maximum absolute atomic E-state index is 11.8. The Hall–Kier alpha value is -1.11. The Bertz CT molecular complexity index is 529. The summed E-state index contributed by atoms with van der Waals surface area (Å²) in [6.07, 6.45) is 0.118. The summed E-state index contributed by atoms with van der Waals surface area (Å²) in [5.41, 5.74) is 0. The van der Waals surface area contributed by atoms with Gasteiger partial charge >= 0.3 is 0 Å². The normalized spacial score (nSPS) is 11.3. The third-order valence-corrected chi connectivity index (χ3v) is 3.93. The Balaban J connectivity index is 2.64. The standard InChI is InChI=1S/C11H15ClN2O3S/c1-14(2)11(15)6-7-13-18(16,17)10-5-3-4-9(12)8-10/h3-5,8,13H,6-7H2,1-2H3. The number of nitrogens with one attached hydrogen (secondary N) is 1. The van der Waals surface area contributed by atoms with E-state index in [9.17, 15) is 13.2 Å². The first-order chi connectivity index (χ1) is 8.33. The predicted octanol–water partition coefficient (Wildman–Crippen LogP) is 1.10. The van der Waals surface area contributed by atoms with E-state index in [1.54, 1.807) is 26.2 Å². The Morgan fingerprint density at radius 3 is 2.61 bits per heavy atom. The van der Waals surface area contributed by atoms with Gasteiger partial charge in [-0.1, -0.05) is 17.7 Å². The van der Waals surface area contributed by atoms with E-state index in [4.69, 9.17) is 11.6 Å². The Morgan fingerprint density at radius 2 is 2.06 bits per heavy atom. The lowest BCUT2D eigenvalue weighted by atomic mass is 10.4. The van der Waals surface area contributed by atoms with Crippen molar-refractivity contribution in [3.8, 4) is 0 Å². The van der Waals surface area contributed by atoms with Gasteiger partial charge in [-0.25, -0.2) is 13.1 Å². The molecule has 0 radical (unpaired) electrons. The summed E-state index contributed by atoms with van der Waals surface area (Å²) in [4.78, 5) is 12.8. The van der Waals surface area contributed by atoms with Crippen molar-refractivity contribution in [2.75, 3.05) is 20.6 Å². The maximum Gasteiger partial charge on any atom is 0.240 e. The first-order valence-corrected chi connectivity index (χ1v) is 7.14. The summed E-state index contributed by atoms with van der Waals surface area (Å²) in [5, 5.41) is 0.349. The average Bonchev–Trinajstić information content (AvgIpc) is 2.28. The van der Waals surface area contributed by atoms with Crippen molar-refractivity contribution in [1.29, 1.82) is 0 Å². The van der Waals surface area contributed by atoms with Gasteiger partial charge in [-0.15, -0.1) is 0 Å². The van der Waals surface area contributed by atoms with E-state index in [2.05, 4.69) is 4.72 Å². The van der Waals surface area contributed by atoms with Gasteiger partial charge in [0.05, 0.1) is 4.90 Å². The van der Waals surface area contributed by atoms with Crippen LogP contribution in [0, 0.1) is 0 Å². The number of carbonyl (C=O) groups excluding carboxylic acids is 1. The summed E-state index contributed by atoms with van der Waals surface area (Å²) in [7, 11) is -0.372. The minimum atomic E-state index is -3.61. The molecule has 0 saturated heterocycles. The molecule has 5 nitrogen and oxygen atoms in total. The van der Waals surface area contributed by atoms with Crippen molar-refractivity contribution in [2.24, 2.45) is 0 Å². The van der Waals surface area contributed by atoms with Crippen LogP contribution in [0.3, 0.4) is 0 Å². The fourth-order valence-electron chi connectivity index (χ4n) is 1.23. The van der Waals surface area contributed by atoms with Gasteiger partial charge in [0, 0.05) is 32.1 Å². The maximum atomic E-state index is 11.8. The molecule has 0 bridgehead atoms. The molecule has 1 aromatic rings. The van der Waals surface area contributed by atoms with E-state index in [-0.39, 0.29) is 23.8 Å². The van der Waals surface area contributed by atoms with Crippen molar-refractivity contribution in [1.82, 2.24) is 9.62 Å². The van der Waals surface area contributed by atoms with Crippen LogP contribution in [0.2, 0.25) is 5.02 Å². The number of halogens is 1. The lowest BCUT2D eigenvalue weighted by Gasteiger charge is -2.11. The molecule has 0 fully saturated rings. The highest BCUT2D eigenvalue weighted by atomic mass is 35.5. The fourth-order valence-corrected chi connectivity index (χ4v) is 2.57. The molecule has 1 rings (SSSR count). The average molecular weight is 291 g/mol. The van der Waals surface area contributed by atoms with Gasteiger partial charge in [-0.05, 0) is 18.2 Å². The zero-order valence-corrected chi connectivity index (χ0v) is 11.8. The Morgan fingerprint density at radius 1 is 1.39 bits per heavy atom. The zero-order chi connectivity index (χ0) is 13.8. The highest BCUT2D eigenvalue weighted by Gasteiger charge is 2.14.